The van der Waals surface area contributed by atoms with Gasteiger partial charge in [0.1, 0.15) is 0 Å². The van der Waals surface area contributed by atoms with E-state index < -0.39 is 0 Å². The predicted octanol–water partition coefficient (Wildman–Crippen LogP) is 2.69. The Morgan fingerprint density at radius 1 is 1.43 bits per heavy atom. The average Bonchev–Trinajstić information content (AvgIpc) is 2.42. The van der Waals surface area contributed by atoms with Crippen molar-refractivity contribution in [2.45, 2.75) is 52.5 Å². The Labute approximate surface area is 85.8 Å². The lowest BCUT2D eigenvalue weighted by Crippen LogP contribution is -2.22. The maximum absolute atomic E-state index is 9.67. The second kappa shape index (κ2) is 4.03. The molecule has 0 amide bonds. The van der Waals surface area contributed by atoms with Gasteiger partial charge < -0.3 is 5.11 Å². The van der Waals surface area contributed by atoms with Gasteiger partial charge in [-0.2, -0.15) is 5.10 Å². The number of unbranched alkanes of at least 4 members (excludes halogenated alkanes) is 1. The van der Waals surface area contributed by atoms with Crippen molar-refractivity contribution in [2.75, 3.05) is 0 Å². The van der Waals surface area contributed by atoms with E-state index in [9.17, 15) is 5.11 Å². The van der Waals surface area contributed by atoms with Gasteiger partial charge in [0.25, 0.3) is 0 Å². The van der Waals surface area contributed by atoms with Crippen LogP contribution in [0.25, 0.3) is 0 Å². The summed E-state index contributed by atoms with van der Waals surface area (Å²) in [4.78, 5) is 0. The molecule has 0 spiro atoms. The standard InChI is InChI=1S/C11H20N2O/c1-5-6-7-9-8-10(14)13(12-9)11(2,3)4/h8,14H,5-7H2,1-4H3. The molecule has 0 aliphatic rings. The van der Waals surface area contributed by atoms with Crippen LogP contribution in [0.3, 0.4) is 0 Å². The van der Waals surface area contributed by atoms with Crippen LogP contribution in [-0.2, 0) is 12.0 Å². The molecule has 3 nitrogen and oxygen atoms in total. The third kappa shape index (κ3) is 2.50. The first-order chi connectivity index (χ1) is 6.45. The summed E-state index contributed by atoms with van der Waals surface area (Å²) in [7, 11) is 0. The molecule has 0 radical (unpaired) electrons. The van der Waals surface area contributed by atoms with Crippen LogP contribution in [0.5, 0.6) is 5.88 Å². The number of aromatic nitrogens is 2. The number of aromatic hydroxyl groups is 1. The molecule has 1 heterocycles. The van der Waals surface area contributed by atoms with Crippen molar-refractivity contribution in [2.24, 2.45) is 0 Å². The largest absolute Gasteiger partial charge is 0.493 e. The second-order valence-electron chi connectivity index (χ2n) is 4.68. The Kier molecular flexibility index (Phi) is 3.19. The maximum Gasteiger partial charge on any atom is 0.209 e. The summed E-state index contributed by atoms with van der Waals surface area (Å²) in [6.45, 7) is 8.25. The molecule has 0 aromatic carbocycles. The third-order valence-corrected chi connectivity index (χ3v) is 2.16. The minimum absolute atomic E-state index is 0.144. The third-order valence-electron chi connectivity index (χ3n) is 2.16. The van der Waals surface area contributed by atoms with Crippen molar-refractivity contribution in [3.63, 3.8) is 0 Å². The molecule has 0 unspecified atom stereocenters. The number of aryl methyl sites for hydroxylation is 1. The van der Waals surface area contributed by atoms with Gasteiger partial charge in [-0.25, -0.2) is 4.68 Å². The van der Waals surface area contributed by atoms with Crippen LogP contribution in [-0.4, -0.2) is 14.9 Å². The van der Waals surface area contributed by atoms with E-state index in [4.69, 9.17) is 0 Å². The molecule has 14 heavy (non-hydrogen) atoms. The normalized spacial score (nSPS) is 12.0. The minimum Gasteiger partial charge on any atom is -0.493 e. The summed E-state index contributed by atoms with van der Waals surface area (Å²) in [5.41, 5.74) is 0.841. The summed E-state index contributed by atoms with van der Waals surface area (Å²) >= 11 is 0. The molecular weight excluding hydrogens is 176 g/mol. The van der Waals surface area contributed by atoms with Gasteiger partial charge in [-0.15, -0.1) is 0 Å². The Morgan fingerprint density at radius 3 is 2.50 bits per heavy atom. The van der Waals surface area contributed by atoms with Crippen molar-refractivity contribution in [1.29, 1.82) is 0 Å². The fourth-order valence-corrected chi connectivity index (χ4v) is 1.39. The zero-order valence-corrected chi connectivity index (χ0v) is 9.54. The van der Waals surface area contributed by atoms with Gasteiger partial charge in [0.15, 0.2) is 0 Å². The van der Waals surface area contributed by atoms with E-state index in [0.29, 0.717) is 0 Å². The van der Waals surface area contributed by atoms with E-state index in [1.807, 2.05) is 20.8 Å². The van der Waals surface area contributed by atoms with Crippen molar-refractivity contribution in [1.82, 2.24) is 9.78 Å². The molecule has 0 saturated heterocycles. The first kappa shape index (κ1) is 11.1. The number of rotatable bonds is 3. The van der Waals surface area contributed by atoms with E-state index in [1.54, 1.807) is 10.7 Å². The molecule has 0 saturated carbocycles. The van der Waals surface area contributed by atoms with Gasteiger partial charge >= 0.3 is 0 Å². The molecule has 0 bridgehead atoms. The van der Waals surface area contributed by atoms with Crippen molar-refractivity contribution < 1.29 is 5.11 Å². The van der Waals surface area contributed by atoms with Gasteiger partial charge in [-0.1, -0.05) is 13.3 Å². The highest BCUT2D eigenvalue weighted by atomic mass is 16.3. The van der Waals surface area contributed by atoms with Crippen LogP contribution in [0, 0.1) is 0 Å². The van der Waals surface area contributed by atoms with Crippen molar-refractivity contribution >= 4 is 0 Å². The highest BCUT2D eigenvalue weighted by Crippen LogP contribution is 2.22. The van der Waals surface area contributed by atoms with Gasteiger partial charge in [-0.05, 0) is 33.6 Å². The van der Waals surface area contributed by atoms with Crippen molar-refractivity contribution in [3.8, 4) is 5.88 Å². The van der Waals surface area contributed by atoms with E-state index in [0.717, 1.165) is 25.0 Å². The molecule has 0 atom stereocenters. The fraction of sp³-hybridized carbons (Fsp3) is 0.727. The summed E-state index contributed by atoms with van der Waals surface area (Å²) in [6, 6.07) is 1.76. The molecule has 0 aliphatic carbocycles. The quantitative estimate of drug-likeness (QED) is 0.807. The topological polar surface area (TPSA) is 38.0 Å². The first-order valence-corrected chi connectivity index (χ1v) is 5.23. The summed E-state index contributed by atoms with van der Waals surface area (Å²) in [6.07, 6.45) is 3.23. The van der Waals surface area contributed by atoms with Crippen LogP contribution < -0.4 is 0 Å². The molecule has 0 aliphatic heterocycles. The van der Waals surface area contributed by atoms with Crippen LogP contribution in [0.1, 0.15) is 46.2 Å². The Bertz CT molecular complexity index is 297. The smallest absolute Gasteiger partial charge is 0.209 e. The molecule has 1 N–H and O–H groups in total. The zero-order chi connectivity index (χ0) is 10.8. The summed E-state index contributed by atoms with van der Waals surface area (Å²) in [5, 5.41) is 14.1. The predicted molar refractivity (Wildman–Crippen MR) is 57.5 cm³/mol. The van der Waals surface area contributed by atoms with Crippen LogP contribution >= 0.6 is 0 Å². The molecule has 1 aromatic rings. The number of nitrogens with zero attached hydrogens (tertiary/aromatic N) is 2. The Hall–Kier alpha value is -0.990. The molecule has 3 heteroatoms. The van der Waals surface area contributed by atoms with Crippen LogP contribution in [0.4, 0.5) is 0 Å². The summed E-state index contributed by atoms with van der Waals surface area (Å²) in [5.74, 6) is 0.267. The lowest BCUT2D eigenvalue weighted by atomic mass is 10.1. The Balaban J connectivity index is 2.83. The molecule has 0 fully saturated rings. The van der Waals surface area contributed by atoms with E-state index in [2.05, 4.69) is 12.0 Å². The van der Waals surface area contributed by atoms with Crippen molar-refractivity contribution in [3.05, 3.63) is 11.8 Å². The van der Waals surface area contributed by atoms with Gasteiger partial charge in [0.05, 0.1) is 11.2 Å². The highest BCUT2D eigenvalue weighted by Gasteiger charge is 2.18. The van der Waals surface area contributed by atoms with E-state index in [1.165, 1.54) is 0 Å². The molecule has 1 rings (SSSR count). The second-order valence-corrected chi connectivity index (χ2v) is 4.68. The maximum atomic E-state index is 9.67. The van der Waals surface area contributed by atoms with Gasteiger partial charge in [-0.3, -0.25) is 0 Å². The monoisotopic (exact) mass is 196 g/mol. The van der Waals surface area contributed by atoms with Gasteiger partial charge in [0, 0.05) is 6.07 Å². The SMILES string of the molecule is CCCCc1cc(O)n(C(C)(C)C)n1. The zero-order valence-electron chi connectivity index (χ0n) is 9.54. The van der Waals surface area contributed by atoms with Crippen LogP contribution in [0.2, 0.25) is 0 Å². The lowest BCUT2D eigenvalue weighted by Gasteiger charge is -2.19. The minimum atomic E-state index is -0.144. The molecular formula is C11H20N2O. The lowest BCUT2D eigenvalue weighted by molar-refractivity contribution is 0.294. The molecule has 1 aromatic heterocycles. The van der Waals surface area contributed by atoms with E-state index in [-0.39, 0.29) is 11.4 Å². The van der Waals surface area contributed by atoms with Crippen LogP contribution in [0.15, 0.2) is 6.07 Å². The Morgan fingerprint density at radius 2 is 2.07 bits per heavy atom. The number of hydrogen-bond donors (Lipinski definition) is 1. The number of hydrogen-bond acceptors (Lipinski definition) is 2. The molecule has 80 valence electrons. The van der Waals surface area contributed by atoms with E-state index >= 15 is 0 Å². The summed E-state index contributed by atoms with van der Waals surface area (Å²) < 4.78 is 1.68. The first-order valence-electron chi connectivity index (χ1n) is 5.23. The fourth-order valence-electron chi connectivity index (χ4n) is 1.39. The average molecular weight is 196 g/mol. The van der Waals surface area contributed by atoms with Gasteiger partial charge in [0.2, 0.25) is 5.88 Å². The highest BCUT2D eigenvalue weighted by molar-refractivity contribution is 5.16.